The van der Waals surface area contributed by atoms with Crippen LogP contribution in [0.5, 0.6) is 0 Å². The van der Waals surface area contributed by atoms with Crippen molar-refractivity contribution >= 4 is 16.7 Å². The average molecular weight is 439 g/mol. The molecular formula is C25H26N8. The monoisotopic (exact) mass is 438 g/mol. The molecule has 33 heavy (non-hydrogen) atoms. The summed E-state index contributed by atoms with van der Waals surface area (Å²) < 4.78 is 1.79. The van der Waals surface area contributed by atoms with Crippen LogP contribution >= 0.6 is 0 Å². The molecule has 2 N–H and O–H groups in total. The lowest BCUT2D eigenvalue weighted by Gasteiger charge is -2.22. The van der Waals surface area contributed by atoms with Crippen molar-refractivity contribution in [2.45, 2.75) is 44.2 Å². The van der Waals surface area contributed by atoms with Crippen LogP contribution in [-0.2, 0) is 7.05 Å². The van der Waals surface area contributed by atoms with Gasteiger partial charge in [0, 0.05) is 36.3 Å². The van der Waals surface area contributed by atoms with Gasteiger partial charge < -0.3 is 10.6 Å². The van der Waals surface area contributed by atoms with Gasteiger partial charge in [0.25, 0.3) is 0 Å². The fraction of sp³-hybridized carbons (Fsp3) is 0.480. The molecule has 0 radical (unpaired) electrons. The van der Waals surface area contributed by atoms with Crippen molar-refractivity contribution in [3.05, 3.63) is 36.0 Å². The van der Waals surface area contributed by atoms with Crippen molar-refractivity contribution < 1.29 is 0 Å². The number of fused-ring (bicyclic) bond motifs is 2. The van der Waals surface area contributed by atoms with Crippen molar-refractivity contribution in [2.75, 3.05) is 11.9 Å². The van der Waals surface area contributed by atoms with Crippen LogP contribution in [0.1, 0.15) is 37.7 Å². The number of hydrogen-bond donors (Lipinski definition) is 2. The van der Waals surface area contributed by atoms with E-state index in [1.54, 1.807) is 4.68 Å². The molecule has 2 aliphatic carbocycles. The zero-order valence-corrected chi connectivity index (χ0v) is 18.6. The molecule has 0 spiro atoms. The van der Waals surface area contributed by atoms with E-state index < -0.39 is 0 Å². The van der Waals surface area contributed by atoms with Gasteiger partial charge in [-0.15, -0.1) is 10.2 Å². The van der Waals surface area contributed by atoms with Gasteiger partial charge in [0.15, 0.2) is 5.82 Å². The molecule has 2 aromatic heterocycles. The number of aryl methyl sites for hydroxylation is 1. The van der Waals surface area contributed by atoms with E-state index >= 15 is 0 Å². The van der Waals surface area contributed by atoms with Crippen molar-refractivity contribution in [1.82, 2.24) is 25.3 Å². The minimum atomic E-state index is -0.0772. The molecule has 3 heterocycles. The Labute approximate surface area is 192 Å². The van der Waals surface area contributed by atoms with Crippen LogP contribution in [0.3, 0.4) is 0 Å². The highest BCUT2D eigenvalue weighted by atomic mass is 15.2. The van der Waals surface area contributed by atoms with E-state index in [2.05, 4.69) is 38.1 Å². The third kappa shape index (κ3) is 3.61. The molecule has 0 unspecified atom stereocenters. The quantitative estimate of drug-likeness (QED) is 0.627. The normalized spacial score (nSPS) is 27.1. The van der Waals surface area contributed by atoms with Gasteiger partial charge in [-0.3, -0.25) is 4.68 Å². The molecule has 3 aliphatic rings. The Balaban J connectivity index is 1.18. The second kappa shape index (κ2) is 7.54. The van der Waals surface area contributed by atoms with Crippen molar-refractivity contribution in [3.8, 4) is 23.4 Å². The predicted molar refractivity (Wildman–Crippen MR) is 124 cm³/mol. The van der Waals surface area contributed by atoms with E-state index in [0.717, 1.165) is 55.1 Å². The first kappa shape index (κ1) is 20.1. The maximum absolute atomic E-state index is 9.79. The van der Waals surface area contributed by atoms with Crippen LogP contribution < -0.4 is 10.6 Å². The Morgan fingerprint density at radius 3 is 2.88 bits per heavy atom. The number of hydrogen-bond acceptors (Lipinski definition) is 7. The Bertz CT molecular complexity index is 1310. The van der Waals surface area contributed by atoms with Gasteiger partial charge in [0.2, 0.25) is 0 Å². The highest BCUT2D eigenvalue weighted by Gasteiger charge is 2.50. The van der Waals surface area contributed by atoms with Gasteiger partial charge >= 0.3 is 0 Å². The molecule has 3 aromatic rings. The van der Waals surface area contributed by atoms with Crippen molar-refractivity contribution in [1.29, 1.82) is 10.5 Å². The van der Waals surface area contributed by atoms with Crippen LogP contribution in [0.15, 0.2) is 30.5 Å². The maximum Gasteiger partial charge on any atom is 0.166 e. The third-order valence-electron chi connectivity index (χ3n) is 7.78. The number of nitrogens with one attached hydrogen (secondary N) is 2. The number of nitriles is 2. The van der Waals surface area contributed by atoms with E-state index in [4.69, 9.17) is 0 Å². The Morgan fingerprint density at radius 2 is 2.09 bits per heavy atom. The smallest absolute Gasteiger partial charge is 0.166 e. The molecule has 2 saturated carbocycles. The molecule has 1 saturated heterocycles. The highest BCUT2D eigenvalue weighted by Crippen LogP contribution is 2.52. The molecule has 0 bridgehead atoms. The molecule has 1 aliphatic heterocycles. The predicted octanol–water partition coefficient (Wildman–Crippen LogP) is 3.37. The summed E-state index contributed by atoms with van der Waals surface area (Å²) >= 11 is 0. The summed E-state index contributed by atoms with van der Waals surface area (Å²) in [6.45, 7) is 1.02. The van der Waals surface area contributed by atoms with E-state index in [1.165, 1.54) is 0 Å². The Morgan fingerprint density at radius 1 is 1.21 bits per heavy atom. The summed E-state index contributed by atoms with van der Waals surface area (Å²) in [7, 11) is 1.90. The Kier molecular flexibility index (Phi) is 4.60. The maximum atomic E-state index is 9.79. The summed E-state index contributed by atoms with van der Waals surface area (Å²) in [5.41, 5.74) is 2.96. The largest absolute Gasteiger partial charge is 0.365 e. The second-order valence-electron chi connectivity index (χ2n) is 10.0. The van der Waals surface area contributed by atoms with E-state index in [9.17, 15) is 10.5 Å². The van der Waals surface area contributed by atoms with Gasteiger partial charge in [-0.2, -0.15) is 15.6 Å². The summed E-state index contributed by atoms with van der Waals surface area (Å²) in [4.78, 5) is 0. The number of benzene rings is 1. The number of nitrogens with zero attached hydrogens (tertiary/aromatic N) is 6. The SMILES string of the molecule is Cn1cc2cc(-c3cc(C#N)c(N[C@H]4C[C@@H]5CN[C@@H](CC6(C#N)CC6)[C@H]5C4)nn3)ccc2n1. The molecule has 3 fully saturated rings. The van der Waals surface area contributed by atoms with Crippen LogP contribution in [-0.4, -0.2) is 38.6 Å². The van der Waals surface area contributed by atoms with Crippen molar-refractivity contribution in [3.63, 3.8) is 0 Å². The van der Waals surface area contributed by atoms with Gasteiger partial charge in [0.05, 0.1) is 28.3 Å². The fourth-order valence-corrected chi connectivity index (χ4v) is 5.84. The molecule has 8 nitrogen and oxygen atoms in total. The summed E-state index contributed by atoms with van der Waals surface area (Å²) in [5, 5.41) is 40.7. The molecule has 8 heteroatoms. The van der Waals surface area contributed by atoms with Crippen molar-refractivity contribution in [2.24, 2.45) is 24.3 Å². The standard InChI is InChI=1S/C25H26N8/c1-33-13-18-6-15(2-3-21(18)32-33)22-8-16(11-26)24(31-30-22)29-19-7-17-12-28-23(20(17)9-19)10-25(14-27)4-5-25/h2-3,6,8,13,17,19-20,23,28H,4-5,7,9-10,12H2,1H3,(H,29,31)/t17-,19+,20+,23+/m1/s1. The lowest BCUT2D eigenvalue weighted by atomic mass is 9.87. The van der Waals surface area contributed by atoms with E-state index in [1.807, 2.05) is 37.5 Å². The first-order valence-electron chi connectivity index (χ1n) is 11.7. The van der Waals surface area contributed by atoms with Crippen LogP contribution in [0.2, 0.25) is 0 Å². The average Bonchev–Trinajstić information content (AvgIpc) is 3.11. The third-order valence-corrected chi connectivity index (χ3v) is 7.78. The summed E-state index contributed by atoms with van der Waals surface area (Å²) in [5.74, 6) is 1.76. The first-order chi connectivity index (χ1) is 16.1. The molecule has 1 aromatic carbocycles. The molecule has 4 atom stereocenters. The Hall–Kier alpha value is -3.49. The zero-order chi connectivity index (χ0) is 22.6. The molecule has 0 amide bonds. The number of anilines is 1. The van der Waals surface area contributed by atoms with E-state index in [-0.39, 0.29) is 11.5 Å². The van der Waals surface area contributed by atoms with Gasteiger partial charge in [-0.05, 0) is 68.7 Å². The molecule has 166 valence electrons. The second-order valence-corrected chi connectivity index (χ2v) is 10.0. The van der Waals surface area contributed by atoms with Gasteiger partial charge in [-0.1, -0.05) is 6.07 Å². The van der Waals surface area contributed by atoms with Crippen LogP contribution in [0.25, 0.3) is 22.2 Å². The fourth-order valence-electron chi connectivity index (χ4n) is 5.84. The first-order valence-corrected chi connectivity index (χ1v) is 11.7. The lowest BCUT2D eigenvalue weighted by molar-refractivity contribution is 0.354. The molecule has 6 rings (SSSR count). The minimum Gasteiger partial charge on any atom is -0.365 e. The van der Waals surface area contributed by atoms with Gasteiger partial charge in [0.1, 0.15) is 6.07 Å². The van der Waals surface area contributed by atoms with Crippen LogP contribution in [0.4, 0.5) is 5.82 Å². The van der Waals surface area contributed by atoms with Crippen LogP contribution in [0, 0.1) is 39.9 Å². The topological polar surface area (TPSA) is 115 Å². The van der Waals surface area contributed by atoms with Gasteiger partial charge in [-0.25, -0.2) is 0 Å². The summed E-state index contributed by atoms with van der Waals surface area (Å²) in [6, 6.07) is 13.3. The number of aromatic nitrogens is 4. The minimum absolute atomic E-state index is 0.0772. The van der Waals surface area contributed by atoms with E-state index in [0.29, 0.717) is 35.0 Å². The molecular weight excluding hydrogens is 412 g/mol. The highest BCUT2D eigenvalue weighted by molar-refractivity contribution is 5.83. The summed E-state index contributed by atoms with van der Waals surface area (Å²) in [6.07, 6.45) is 7.12. The lowest BCUT2D eigenvalue weighted by Crippen LogP contribution is -2.31. The zero-order valence-electron chi connectivity index (χ0n) is 18.6. The number of rotatable bonds is 5.